The van der Waals surface area contributed by atoms with Gasteiger partial charge < -0.3 is 5.73 Å². The van der Waals surface area contributed by atoms with E-state index in [-0.39, 0.29) is 16.1 Å². The molecule has 0 spiro atoms. The van der Waals surface area contributed by atoms with E-state index in [1.807, 2.05) is 30.3 Å². The van der Waals surface area contributed by atoms with E-state index in [0.717, 1.165) is 11.6 Å². The Bertz CT molecular complexity index is 1020. The maximum atomic E-state index is 12.2. The molecule has 0 radical (unpaired) electrons. The van der Waals surface area contributed by atoms with Gasteiger partial charge in [-0.3, -0.25) is 14.4 Å². The summed E-state index contributed by atoms with van der Waals surface area (Å²) in [4.78, 5) is 11.8. The third-order valence-corrected chi connectivity index (χ3v) is 4.19. The van der Waals surface area contributed by atoms with Crippen molar-refractivity contribution in [2.45, 2.75) is 4.90 Å². The summed E-state index contributed by atoms with van der Waals surface area (Å²) in [5.41, 5.74) is 7.25. The fraction of sp³-hybridized carbons (Fsp3) is 0. The van der Waals surface area contributed by atoms with E-state index in [0.29, 0.717) is 11.4 Å². The molecule has 8 heteroatoms. The molecule has 118 valence electrons. The van der Waals surface area contributed by atoms with Crippen LogP contribution in [0.5, 0.6) is 0 Å². The number of benzene rings is 2. The molecule has 23 heavy (non-hydrogen) atoms. The normalized spacial score (nSPS) is 11.5. The van der Waals surface area contributed by atoms with Crippen LogP contribution in [-0.4, -0.2) is 22.8 Å². The Balaban J connectivity index is 2.10. The van der Waals surface area contributed by atoms with Gasteiger partial charge in [-0.2, -0.15) is 8.42 Å². The molecule has 7 nitrogen and oxygen atoms in total. The van der Waals surface area contributed by atoms with E-state index >= 15 is 0 Å². The average Bonchev–Trinajstić information content (AvgIpc) is 2.89. The van der Waals surface area contributed by atoms with Gasteiger partial charge in [-0.15, -0.1) is 0 Å². The van der Waals surface area contributed by atoms with Crippen molar-refractivity contribution < 1.29 is 13.0 Å². The minimum atomic E-state index is -4.35. The van der Waals surface area contributed by atoms with Gasteiger partial charge in [0.05, 0.1) is 22.0 Å². The Morgan fingerprint density at radius 3 is 2.35 bits per heavy atom. The lowest BCUT2D eigenvalue weighted by Gasteiger charge is -2.07. The van der Waals surface area contributed by atoms with Crippen LogP contribution in [0.4, 0.5) is 5.69 Å². The van der Waals surface area contributed by atoms with Gasteiger partial charge in [0.25, 0.3) is 15.7 Å². The minimum Gasteiger partial charge on any atom is -0.397 e. The van der Waals surface area contributed by atoms with Crippen LogP contribution in [0.2, 0.25) is 0 Å². The topological polar surface area (TPSA) is 118 Å². The monoisotopic (exact) mass is 331 g/mol. The van der Waals surface area contributed by atoms with Crippen LogP contribution in [0.3, 0.4) is 0 Å². The fourth-order valence-electron chi connectivity index (χ4n) is 2.24. The quantitative estimate of drug-likeness (QED) is 0.498. The number of rotatable bonds is 3. The molecule has 0 fully saturated rings. The Morgan fingerprint density at radius 2 is 1.74 bits per heavy atom. The second-order valence-corrected chi connectivity index (χ2v) is 6.33. The number of hydrogen-bond acceptors (Lipinski definition) is 4. The molecule has 0 aliphatic rings. The number of nitrogens with one attached hydrogen (secondary N) is 1. The number of aromatic amines is 1. The molecule has 0 aliphatic carbocycles. The highest BCUT2D eigenvalue weighted by atomic mass is 32.2. The number of nitrogens with zero attached hydrogens (tertiary/aromatic N) is 1. The third kappa shape index (κ3) is 2.89. The average molecular weight is 331 g/mol. The van der Waals surface area contributed by atoms with Crippen molar-refractivity contribution in [3.8, 4) is 16.9 Å². The zero-order valence-corrected chi connectivity index (χ0v) is 12.6. The molecule has 0 atom stereocenters. The van der Waals surface area contributed by atoms with Crippen LogP contribution in [0.15, 0.2) is 64.3 Å². The number of H-pyrrole nitrogens is 1. The highest BCUT2D eigenvalue weighted by Gasteiger charge is 2.14. The highest BCUT2D eigenvalue weighted by Crippen LogP contribution is 2.22. The van der Waals surface area contributed by atoms with Crippen LogP contribution in [0, 0.1) is 0 Å². The number of hydrogen-bond donors (Lipinski definition) is 3. The first-order valence-corrected chi connectivity index (χ1v) is 8.05. The summed E-state index contributed by atoms with van der Waals surface area (Å²) >= 11 is 0. The van der Waals surface area contributed by atoms with Crippen molar-refractivity contribution in [2.24, 2.45) is 0 Å². The highest BCUT2D eigenvalue weighted by molar-refractivity contribution is 7.85. The Hall–Kier alpha value is -2.84. The molecular formula is C15H13N3O4S. The van der Waals surface area contributed by atoms with Gasteiger partial charge in [-0.1, -0.05) is 30.3 Å². The maximum absolute atomic E-state index is 12.2. The smallest absolute Gasteiger partial charge is 0.294 e. The second-order valence-electron chi connectivity index (χ2n) is 4.91. The van der Waals surface area contributed by atoms with Crippen molar-refractivity contribution in [1.29, 1.82) is 0 Å². The first-order chi connectivity index (χ1) is 10.9. The minimum absolute atomic E-state index is 0.0451. The molecule has 0 unspecified atom stereocenters. The lowest BCUT2D eigenvalue weighted by atomic mass is 10.2. The number of anilines is 1. The van der Waals surface area contributed by atoms with Crippen LogP contribution >= 0.6 is 0 Å². The van der Waals surface area contributed by atoms with Gasteiger partial charge in [0.15, 0.2) is 0 Å². The fourth-order valence-corrected chi connectivity index (χ4v) is 2.75. The molecule has 3 rings (SSSR count). The Morgan fingerprint density at radius 1 is 1.04 bits per heavy atom. The number of nitrogens with two attached hydrogens (primary N) is 1. The first kappa shape index (κ1) is 15.1. The van der Waals surface area contributed by atoms with E-state index in [4.69, 9.17) is 10.3 Å². The van der Waals surface area contributed by atoms with Crippen LogP contribution < -0.4 is 11.3 Å². The molecule has 2 aromatic carbocycles. The molecule has 1 aromatic heterocycles. The van der Waals surface area contributed by atoms with Gasteiger partial charge >= 0.3 is 0 Å². The van der Waals surface area contributed by atoms with Crippen molar-refractivity contribution in [2.75, 3.05) is 5.73 Å². The van der Waals surface area contributed by atoms with E-state index < -0.39 is 10.1 Å². The van der Waals surface area contributed by atoms with Gasteiger partial charge in [0.1, 0.15) is 0 Å². The van der Waals surface area contributed by atoms with E-state index in [1.54, 1.807) is 0 Å². The van der Waals surface area contributed by atoms with Crippen molar-refractivity contribution in [3.63, 3.8) is 0 Å². The van der Waals surface area contributed by atoms with Gasteiger partial charge in [-0.05, 0) is 23.8 Å². The summed E-state index contributed by atoms with van der Waals surface area (Å²) < 4.78 is 32.5. The van der Waals surface area contributed by atoms with E-state index in [1.165, 1.54) is 22.9 Å². The van der Waals surface area contributed by atoms with Gasteiger partial charge in [-0.25, -0.2) is 4.68 Å². The van der Waals surface area contributed by atoms with Crippen molar-refractivity contribution in [1.82, 2.24) is 9.78 Å². The maximum Gasteiger partial charge on any atom is 0.294 e. The lowest BCUT2D eigenvalue weighted by molar-refractivity contribution is 0.483. The SMILES string of the molecule is Nc1cc(S(=O)(=O)O)ccc1-n1[nH]c(-c2ccccc2)cc1=O. The molecule has 4 N–H and O–H groups in total. The largest absolute Gasteiger partial charge is 0.397 e. The molecule has 1 heterocycles. The van der Waals surface area contributed by atoms with Crippen LogP contribution in [-0.2, 0) is 10.1 Å². The third-order valence-electron chi connectivity index (χ3n) is 3.34. The molecular weight excluding hydrogens is 318 g/mol. The summed E-state index contributed by atoms with van der Waals surface area (Å²) in [6.45, 7) is 0. The number of nitrogen functional groups attached to an aromatic ring is 1. The standard InChI is InChI=1S/C15H13N3O4S/c16-12-8-11(23(20,21)22)6-7-14(12)18-15(19)9-13(17-18)10-4-2-1-3-5-10/h1-9,17H,16H2,(H,20,21,22). The van der Waals surface area contributed by atoms with E-state index in [2.05, 4.69) is 5.10 Å². The predicted octanol–water partition coefficient (Wildman–Crippen LogP) is 1.66. The van der Waals surface area contributed by atoms with E-state index in [9.17, 15) is 13.2 Å². The van der Waals surface area contributed by atoms with Gasteiger partial charge in [0, 0.05) is 6.07 Å². The summed E-state index contributed by atoms with van der Waals surface area (Å²) in [7, 11) is -4.35. The lowest BCUT2D eigenvalue weighted by Crippen LogP contribution is -2.15. The van der Waals surface area contributed by atoms with Crippen molar-refractivity contribution >= 4 is 15.8 Å². The summed E-state index contributed by atoms with van der Waals surface area (Å²) in [5.74, 6) is 0. The summed E-state index contributed by atoms with van der Waals surface area (Å²) in [6, 6.07) is 14.3. The Labute approximate surface area is 131 Å². The van der Waals surface area contributed by atoms with Crippen molar-refractivity contribution in [3.05, 3.63) is 65.0 Å². The molecule has 3 aromatic rings. The second kappa shape index (κ2) is 5.41. The van der Waals surface area contributed by atoms with Crippen LogP contribution in [0.25, 0.3) is 16.9 Å². The summed E-state index contributed by atoms with van der Waals surface area (Å²) in [6.07, 6.45) is 0. The zero-order valence-electron chi connectivity index (χ0n) is 11.8. The zero-order chi connectivity index (χ0) is 16.6. The first-order valence-electron chi connectivity index (χ1n) is 6.61. The van der Waals surface area contributed by atoms with Gasteiger partial charge in [0.2, 0.25) is 0 Å². The Kier molecular flexibility index (Phi) is 3.55. The molecule has 0 saturated heterocycles. The molecule has 0 bridgehead atoms. The summed E-state index contributed by atoms with van der Waals surface area (Å²) in [5, 5.41) is 2.93. The number of aromatic nitrogens is 2. The molecule has 0 saturated carbocycles. The predicted molar refractivity (Wildman–Crippen MR) is 86.1 cm³/mol. The molecule has 0 amide bonds. The molecule has 0 aliphatic heterocycles. The van der Waals surface area contributed by atoms with Crippen LogP contribution in [0.1, 0.15) is 0 Å².